The van der Waals surface area contributed by atoms with Crippen molar-refractivity contribution in [2.45, 2.75) is 19.5 Å². The molecule has 2 heterocycles. The van der Waals surface area contributed by atoms with Gasteiger partial charge in [-0.25, -0.2) is 0 Å². The van der Waals surface area contributed by atoms with Gasteiger partial charge in [0.1, 0.15) is 6.17 Å². The third-order valence-corrected chi connectivity index (χ3v) is 6.95. The summed E-state index contributed by atoms with van der Waals surface area (Å²) >= 11 is 0. The van der Waals surface area contributed by atoms with Crippen LogP contribution in [0.25, 0.3) is 0 Å². The van der Waals surface area contributed by atoms with Crippen LogP contribution < -0.4 is 10.2 Å². The lowest BCUT2D eigenvalue weighted by molar-refractivity contribution is -0.384. The molecule has 1 fully saturated rings. The highest BCUT2D eigenvalue weighted by atomic mass is 16.6. The van der Waals surface area contributed by atoms with Crippen molar-refractivity contribution in [1.29, 1.82) is 0 Å². The number of nitro benzene ring substituents is 1. The molecule has 2 aliphatic heterocycles. The fourth-order valence-electron chi connectivity index (χ4n) is 5.00. The molecule has 0 spiro atoms. The largest absolute Gasteiger partial charge is 0.368 e. The standard InChI is InChI=1S/C28H29N5O4/c1-2-15-32-26(24-5-3-4-6-25(24)28(32)35)29-21-9-7-20(8-10-21)27(34)31-18-16-30(17-19-31)22-11-13-23(14-12-22)33(36)37/h3-14,26,29H,2,15-19H2,1H3. The highest BCUT2D eigenvalue weighted by Gasteiger charge is 2.35. The van der Waals surface area contributed by atoms with Crippen molar-refractivity contribution < 1.29 is 14.5 Å². The molecule has 3 aromatic carbocycles. The lowest BCUT2D eigenvalue weighted by atomic mass is 10.1. The van der Waals surface area contributed by atoms with Gasteiger partial charge >= 0.3 is 0 Å². The van der Waals surface area contributed by atoms with Crippen molar-refractivity contribution in [3.63, 3.8) is 0 Å². The van der Waals surface area contributed by atoms with E-state index in [1.54, 1.807) is 12.1 Å². The van der Waals surface area contributed by atoms with Crippen LogP contribution in [0.5, 0.6) is 0 Å². The average molecular weight is 500 g/mol. The molecule has 2 aliphatic rings. The van der Waals surface area contributed by atoms with Gasteiger partial charge in [-0.05, 0) is 48.9 Å². The average Bonchev–Trinajstić information content (AvgIpc) is 3.19. The van der Waals surface area contributed by atoms with Gasteiger partial charge in [-0.2, -0.15) is 0 Å². The van der Waals surface area contributed by atoms with Crippen LogP contribution >= 0.6 is 0 Å². The first-order chi connectivity index (χ1) is 18.0. The number of non-ortho nitro benzene ring substituents is 1. The molecular weight excluding hydrogens is 470 g/mol. The molecule has 190 valence electrons. The SMILES string of the molecule is CCCN1C(=O)c2ccccc2C1Nc1ccc(C(=O)N2CCN(c3ccc([N+](=O)[O-])cc3)CC2)cc1. The fourth-order valence-corrected chi connectivity index (χ4v) is 5.00. The van der Waals surface area contributed by atoms with E-state index in [1.807, 2.05) is 58.3 Å². The zero-order chi connectivity index (χ0) is 25.9. The highest BCUT2D eigenvalue weighted by molar-refractivity contribution is 5.99. The molecule has 37 heavy (non-hydrogen) atoms. The van der Waals surface area contributed by atoms with Gasteiger partial charge in [-0.15, -0.1) is 0 Å². The minimum absolute atomic E-state index is 0.0242. The van der Waals surface area contributed by atoms with Gasteiger partial charge in [0.25, 0.3) is 17.5 Å². The van der Waals surface area contributed by atoms with E-state index in [-0.39, 0.29) is 23.7 Å². The first-order valence-electron chi connectivity index (χ1n) is 12.5. The molecule has 5 rings (SSSR count). The van der Waals surface area contributed by atoms with Crippen LogP contribution in [0.3, 0.4) is 0 Å². The molecule has 1 saturated heterocycles. The summed E-state index contributed by atoms with van der Waals surface area (Å²) in [6.45, 7) is 5.18. The van der Waals surface area contributed by atoms with Gasteiger partial charge in [-0.1, -0.05) is 25.1 Å². The van der Waals surface area contributed by atoms with E-state index in [4.69, 9.17) is 0 Å². The number of piperazine rings is 1. The Balaban J connectivity index is 1.21. The van der Waals surface area contributed by atoms with E-state index in [2.05, 4.69) is 17.1 Å². The Kier molecular flexibility index (Phi) is 6.76. The van der Waals surface area contributed by atoms with Crippen LogP contribution in [0, 0.1) is 10.1 Å². The van der Waals surface area contributed by atoms with E-state index in [0.717, 1.165) is 28.9 Å². The van der Waals surface area contributed by atoms with Gasteiger partial charge in [0.05, 0.1) is 4.92 Å². The number of hydrogen-bond donors (Lipinski definition) is 1. The fraction of sp³-hybridized carbons (Fsp3) is 0.286. The quantitative estimate of drug-likeness (QED) is 0.379. The highest BCUT2D eigenvalue weighted by Crippen LogP contribution is 2.34. The van der Waals surface area contributed by atoms with Crippen molar-refractivity contribution >= 4 is 28.9 Å². The zero-order valence-electron chi connectivity index (χ0n) is 20.7. The maximum Gasteiger partial charge on any atom is 0.269 e. The summed E-state index contributed by atoms with van der Waals surface area (Å²) in [7, 11) is 0. The maximum absolute atomic E-state index is 13.1. The summed E-state index contributed by atoms with van der Waals surface area (Å²) < 4.78 is 0. The third kappa shape index (κ3) is 4.84. The number of carbonyl (C=O) groups is 2. The summed E-state index contributed by atoms with van der Waals surface area (Å²) in [5, 5.41) is 14.4. The minimum Gasteiger partial charge on any atom is -0.368 e. The predicted molar refractivity (Wildman–Crippen MR) is 142 cm³/mol. The van der Waals surface area contributed by atoms with Crippen molar-refractivity contribution in [3.8, 4) is 0 Å². The number of hydrogen-bond acceptors (Lipinski definition) is 6. The minimum atomic E-state index is -0.408. The van der Waals surface area contributed by atoms with Crippen molar-refractivity contribution in [2.24, 2.45) is 0 Å². The topological polar surface area (TPSA) is 99.0 Å². The Labute approximate surface area is 215 Å². The first kappa shape index (κ1) is 24.3. The summed E-state index contributed by atoms with van der Waals surface area (Å²) in [5.41, 5.74) is 4.13. The molecule has 1 N–H and O–H groups in total. The molecular formula is C28H29N5O4. The summed E-state index contributed by atoms with van der Waals surface area (Å²) in [4.78, 5) is 42.3. The number of nitrogens with zero attached hydrogens (tertiary/aromatic N) is 4. The van der Waals surface area contributed by atoms with E-state index < -0.39 is 4.92 Å². The van der Waals surface area contributed by atoms with Crippen LogP contribution in [0.1, 0.15) is 45.8 Å². The smallest absolute Gasteiger partial charge is 0.269 e. The summed E-state index contributed by atoms with van der Waals surface area (Å²) in [6, 6.07) is 21.6. The van der Waals surface area contributed by atoms with Gasteiger partial charge in [0, 0.05) is 72.9 Å². The van der Waals surface area contributed by atoms with Crippen LogP contribution in [0.4, 0.5) is 17.1 Å². The van der Waals surface area contributed by atoms with Gasteiger partial charge in [0.2, 0.25) is 0 Å². The molecule has 0 bridgehead atoms. The van der Waals surface area contributed by atoms with Crippen molar-refractivity contribution in [2.75, 3.05) is 42.9 Å². The monoisotopic (exact) mass is 499 g/mol. The van der Waals surface area contributed by atoms with E-state index in [9.17, 15) is 19.7 Å². The number of anilines is 2. The second-order valence-electron chi connectivity index (χ2n) is 9.26. The molecule has 0 saturated carbocycles. The van der Waals surface area contributed by atoms with Gasteiger partial charge in [0.15, 0.2) is 0 Å². The maximum atomic E-state index is 13.1. The second kappa shape index (κ2) is 10.3. The number of benzene rings is 3. The molecule has 2 amide bonds. The number of nitrogens with one attached hydrogen (secondary N) is 1. The normalized spacial score (nSPS) is 17.1. The lowest BCUT2D eigenvalue weighted by Crippen LogP contribution is -2.48. The first-order valence-corrected chi connectivity index (χ1v) is 12.5. The van der Waals surface area contributed by atoms with E-state index >= 15 is 0 Å². The Hall–Kier alpha value is -4.40. The molecule has 0 aromatic heterocycles. The number of amides is 2. The molecule has 1 atom stereocenters. The van der Waals surface area contributed by atoms with Crippen LogP contribution in [0.2, 0.25) is 0 Å². The van der Waals surface area contributed by atoms with Crippen LogP contribution in [-0.4, -0.2) is 59.3 Å². The number of rotatable bonds is 7. The van der Waals surface area contributed by atoms with Crippen LogP contribution in [-0.2, 0) is 0 Å². The van der Waals surface area contributed by atoms with Gasteiger partial charge in [-0.3, -0.25) is 19.7 Å². The Bertz CT molecular complexity index is 1300. The number of carbonyl (C=O) groups excluding carboxylic acids is 2. The third-order valence-electron chi connectivity index (χ3n) is 6.95. The summed E-state index contributed by atoms with van der Waals surface area (Å²) in [6.07, 6.45) is 0.626. The molecule has 9 nitrogen and oxygen atoms in total. The van der Waals surface area contributed by atoms with Crippen LogP contribution in [0.15, 0.2) is 72.8 Å². The number of nitro groups is 1. The van der Waals surface area contributed by atoms with E-state index in [1.165, 1.54) is 12.1 Å². The molecule has 0 radical (unpaired) electrons. The van der Waals surface area contributed by atoms with Crippen molar-refractivity contribution in [3.05, 3.63) is 99.6 Å². The van der Waals surface area contributed by atoms with Crippen molar-refractivity contribution in [1.82, 2.24) is 9.80 Å². The Morgan fingerprint density at radius 3 is 2.30 bits per heavy atom. The Morgan fingerprint density at radius 1 is 0.973 bits per heavy atom. The molecule has 3 aromatic rings. The Morgan fingerprint density at radius 2 is 1.65 bits per heavy atom. The number of fused-ring (bicyclic) bond motifs is 1. The predicted octanol–water partition coefficient (Wildman–Crippen LogP) is 4.53. The zero-order valence-corrected chi connectivity index (χ0v) is 20.7. The summed E-state index contributed by atoms with van der Waals surface area (Å²) in [5.74, 6) is 0.0125. The molecule has 9 heteroatoms. The second-order valence-corrected chi connectivity index (χ2v) is 9.26. The van der Waals surface area contributed by atoms with E-state index in [0.29, 0.717) is 38.3 Å². The van der Waals surface area contributed by atoms with Gasteiger partial charge < -0.3 is 20.0 Å². The molecule has 1 unspecified atom stereocenters. The molecule has 0 aliphatic carbocycles. The lowest BCUT2D eigenvalue weighted by Gasteiger charge is -2.36.